The molecule has 1 unspecified atom stereocenters. The van der Waals surface area contributed by atoms with Crippen molar-refractivity contribution >= 4 is 21.8 Å². The first-order valence-corrected chi connectivity index (χ1v) is 9.09. The highest BCUT2D eigenvalue weighted by atomic mass is 16.3. The van der Waals surface area contributed by atoms with Gasteiger partial charge < -0.3 is 5.11 Å². The van der Waals surface area contributed by atoms with E-state index in [2.05, 4.69) is 54.6 Å². The molecule has 3 nitrogen and oxygen atoms in total. The van der Waals surface area contributed by atoms with Gasteiger partial charge in [0.25, 0.3) is 0 Å². The van der Waals surface area contributed by atoms with Crippen LogP contribution in [0.3, 0.4) is 0 Å². The van der Waals surface area contributed by atoms with Crippen molar-refractivity contribution in [1.29, 1.82) is 0 Å². The maximum Gasteiger partial charge on any atom is 0.159 e. The minimum Gasteiger partial charge on any atom is -0.369 e. The summed E-state index contributed by atoms with van der Waals surface area (Å²) in [7, 11) is 0. The molecule has 1 aromatic heterocycles. The van der Waals surface area contributed by atoms with Crippen LogP contribution >= 0.6 is 0 Å². The fourth-order valence-electron chi connectivity index (χ4n) is 4.26. The van der Waals surface area contributed by atoms with Crippen LogP contribution in [0.5, 0.6) is 0 Å². The van der Waals surface area contributed by atoms with Crippen molar-refractivity contribution in [2.75, 3.05) is 0 Å². The molecule has 1 N–H and O–H groups in total. The first kappa shape index (κ1) is 14.7. The highest BCUT2D eigenvalue weighted by Crippen LogP contribution is 2.42. The largest absolute Gasteiger partial charge is 0.369 e. The van der Waals surface area contributed by atoms with Crippen LogP contribution in [0.25, 0.3) is 44.3 Å². The first-order chi connectivity index (χ1) is 13.3. The third-order valence-corrected chi connectivity index (χ3v) is 5.50. The Morgan fingerprint density at radius 1 is 0.778 bits per heavy atom. The summed E-state index contributed by atoms with van der Waals surface area (Å²) in [6, 6.07) is 28.9. The molecule has 0 fully saturated rings. The lowest BCUT2D eigenvalue weighted by Gasteiger charge is -2.25. The van der Waals surface area contributed by atoms with E-state index in [0.29, 0.717) is 0 Å². The normalized spacial score (nSPS) is 15.2. The average Bonchev–Trinajstić information content (AvgIpc) is 3.11. The molecule has 1 atom stereocenters. The predicted molar refractivity (Wildman–Crippen MR) is 108 cm³/mol. The van der Waals surface area contributed by atoms with Gasteiger partial charge in [0.2, 0.25) is 0 Å². The molecule has 6 rings (SSSR count). The Labute approximate surface area is 156 Å². The summed E-state index contributed by atoms with van der Waals surface area (Å²) in [5.41, 5.74) is 6.15. The van der Waals surface area contributed by atoms with Crippen LogP contribution in [0.4, 0.5) is 0 Å². The van der Waals surface area contributed by atoms with Crippen molar-refractivity contribution < 1.29 is 5.11 Å². The van der Waals surface area contributed by atoms with Gasteiger partial charge in [-0.3, -0.25) is 4.57 Å². The monoisotopic (exact) mass is 348 g/mol. The van der Waals surface area contributed by atoms with Crippen LogP contribution in [-0.2, 0) is 0 Å². The van der Waals surface area contributed by atoms with Crippen LogP contribution in [-0.4, -0.2) is 14.7 Å². The number of benzene rings is 4. The molecular weight excluding hydrogens is 332 g/mol. The maximum absolute atomic E-state index is 11.1. The van der Waals surface area contributed by atoms with E-state index < -0.39 is 6.23 Å². The number of rotatable bonds is 1. The van der Waals surface area contributed by atoms with Crippen molar-refractivity contribution in [1.82, 2.24) is 9.55 Å². The molecule has 2 heterocycles. The lowest BCUT2D eigenvalue weighted by molar-refractivity contribution is 0.152. The molecule has 0 bridgehead atoms. The minimum atomic E-state index is -0.730. The van der Waals surface area contributed by atoms with Gasteiger partial charge >= 0.3 is 0 Å². The number of aliphatic hydroxyl groups excluding tert-OH is 1. The van der Waals surface area contributed by atoms with E-state index in [0.717, 1.165) is 49.9 Å². The minimum absolute atomic E-state index is 0.730. The van der Waals surface area contributed by atoms with Gasteiger partial charge in [0.05, 0.1) is 11.0 Å². The quantitative estimate of drug-likeness (QED) is 0.442. The van der Waals surface area contributed by atoms with E-state index in [4.69, 9.17) is 4.98 Å². The number of aromatic nitrogens is 2. The maximum atomic E-state index is 11.1. The summed E-state index contributed by atoms with van der Waals surface area (Å²) in [5.74, 6) is 0.826. The van der Waals surface area contributed by atoms with Crippen molar-refractivity contribution in [2.24, 2.45) is 0 Å². The van der Waals surface area contributed by atoms with Crippen molar-refractivity contribution in [2.45, 2.75) is 6.23 Å². The summed E-state index contributed by atoms with van der Waals surface area (Å²) >= 11 is 0. The number of imidazole rings is 1. The number of hydrogen-bond donors (Lipinski definition) is 1. The number of fused-ring (bicyclic) bond motifs is 4. The zero-order valence-corrected chi connectivity index (χ0v) is 14.5. The second-order valence-corrected chi connectivity index (χ2v) is 7.00. The topological polar surface area (TPSA) is 38.1 Å². The van der Waals surface area contributed by atoms with E-state index in [1.165, 1.54) is 0 Å². The lowest BCUT2D eigenvalue weighted by atomic mass is 9.95. The molecule has 4 aromatic carbocycles. The first-order valence-electron chi connectivity index (χ1n) is 9.09. The lowest BCUT2D eigenvalue weighted by Crippen LogP contribution is -2.15. The Hall–Kier alpha value is -3.43. The summed E-state index contributed by atoms with van der Waals surface area (Å²) < 4.78 is 1.95. The standard InChI is InChI=1S/C24H16N2O/c27-24-19-11-5-9-16-8-4-10-18(22(16)19)23-25-20-14-17(12-13-21(20)26(23)24)15-6-2-1-3-7-15/h1-14,24,27H. The molecule has 1 aliphatic heterocycles. The molecule has 27 heavy (non-hydrogen) atoms. The third kappa shape index (κ3) is 1.97. The van der Waals surface area contributed by atoms with Gasteiger partial charge in [-0.1, -0.05) is 72.8 Å². The Bertz CT molecular complexity index is 1330. The highest BCUT2D eigenvalue weighted by Gasteiger charge is 2.28. The van der Waals surface area contributed by atoms with E-state index in [1.54, 1.807) is 0 Å². The molecule has 5 aromatic rings. The van der Waals surface area contributed by atoms with Gasteiger partial charge in [0, 0.05) is 16.5 Å². The molecule has 0 radical (unpaired) electrons. The Morgan fingerprint density at radius 3 is 2.44 bits per heavy atom. The molecular formula is C24H16N2O. The highest BCUT2D eigenvalue weighted by molar-refractivity contribution is 6.01. The van der Waals surface area contributed by atoms with Gasteiger partial charge in [-0.05, 0) is 28.6 Å². The van der Waals surface area contributed by atoms with Gasteiger partial charge in [0.15, 0.2) is 6.23 Å². The summed E-state index contributed by atoms with van der Waals surface area (Å²) in [4.78, 5) is 4.92. The molecule has 0 spiro atoms. The summed E-state index contributed by atoms with van der Waals surface area (Å²) in [6.45, 7) is 0. The van der Waals surface area contributed by atoms with E-state index >= 15 is 0 Å². The van der Waals surface area contributed by atoms with E-state index in [1.807, 2.05) is 34.9 Å². The second kappa shape index (κ2) is 5.29. The third-order valence-electron chi connectivity index (χ3n) is 5.50. The van der Waals surface area contributed by atoms with Crippen molar-refractivity contribution in [3.63, 3.8) is 0 Å². The molecule has 0 saturated carbocycles. The molecule has 1 aliphatic rings. The van der Waals surface area contributed by atoms with Gasteiger partial charge in [-0.15, -0.1) is 0 Å². The van der Waals surface area contributed by atoms with Crippen molar-refractivity contribution in [3.05, 3.63) is 90.5 Å². The number of aliphatic hydroxyl groups is 1. The summed E-state index contributed by atoms with van der Waals surface area (Å²) in [6.07, 6.45) is -0.730. The molecule has 0 amide bonds. The van der Waals surface area contributed by atoms with E-state index in [-0.39, 0.29) is 0 Å². The Balaban J connectivity index is 1.66. The zero-order chi connectivity index (χ0) is 18.0. The van der Waals surface area contributed by atoms with Crippen LogP contribution in [0, 0.1) is 0 Å². The van der Waals surface area contributed by atoms with Crippen LogP contribution < -0.4 is 0 Å². The zero-order valence-electron chi connectivity index (χ0n) is 14.5. The SMILES string of the molecule is OC1c2cccc3cccc(c23)-c2nc3cc(-c4ccccc4)ccc3n21. The Morgan fingerprint density at radius 2 is 1.59 bits per heavy atom. The smallest absolute Gasteiger partial charge is 0.159 e. The summed E-state index contributed by atoms with van der Waals surface area (Å²) in [5, 5.41) is 13.3. The van der Waals surface area contributed by atoms with E-state index in [9.17, 15) is 5.11 Å². The Kier molecular flexibility index (Phi) is 2.88. The molecule has 128 valence electrons. The fraction of sp³-hybridized carbons (Fsp3) is 0.0417. The van der Waals surface area contributed by atoms with Crippen molar-refractivity contribution in [3.8, 4) is 22.5 Å². The molecule has 3 heteroatoms. The van der Waals surface area contributed by atoms with Gasteiger partial charge in [-0.2, -0.15) is 0 Å². The van der Waals surface area contributed by atoms with Gasteiger partial charge in [-0.25, -0.2) is 4.98 Å². The fourth-order valence-corrected chi connectivity index (χ4v) is 4.26. The molecule has 0 saturated heterocycles. The average molecular weight is 348 g/mol. The van der Waals surface area contributed by atoms with Gasteiger partial charge in [0.1, 0.15) is 5.82 Å². The number of nitrogens with zero attached hydrogens (tertiary/aromatic N) is 2. The van der Waals surface area contributed by atoms with Crippen LogP contribution in [0.2, 0.25) is 0 Å². The number of hydrogen-bond acceptors (Lipinski definition) is 2. The molecule has 0 aliphatic carbocycles. The van der Waals surface area contributed by atoms with Crippen LogP contribution in [0.1, 0.15) is 11.8 Å². The van der Waals surface area contributed by atoms with Crippen LogP contribution in [0.15, 0.2) is 84.9 Å². The second-order valence-electron chi connectivity index (χ2n) is 7.00. The predicted octanol–water partition coefficient (Wildman–Crippen LogP) is 5.38.